The first-order chi connectivity index (χ1) is 10.5. The van der Waals surface area contributed by atoms with E-state index < -0.39 is 0 Å². The van der Waals surface area contributed by atoms with Crippen molar-refractivity contribution in [2.24, 2.45) is 5.92 Å². The number of aryl methyl sites for hydroxylation is 1. The van der Waals surface area contributed by atoms with E-state index in [2.05, 4.69) is 11.9 Å². The summed E-state index contributed by atoms with van der Waals surface area (Å²) in [4.78, 5) is 16.6. The molecule has 0 saturated carbocycles. The second-order valence-electron chi connectivity index (χ2n) is 6.73. The smallest absolute Gasteiger partial charge is 0.223 e. The summed E-state index contributed by atoms with van der Waals surface area (Å²) < 4.78 is 0. The molecule has 2 saturated heterocycles. The van der Waals surface area contributed by atoms with Gasteiger partial charge in [-0.2, -0.15) is 0 Å². The molecule has 2 heterocycles. The highest BCUT2D eigenvalue weighted by Crippen LogP contribution is 2.39. The zero-order chi connectivity index (χ0) is 15.7. The highest BCUT2D eigenvalue weighted by atomic mass is 35.5. The normalized spacial score (nSPS) is 23.8. The Morgan fingerprint density at radius 2 is 2.05 bits per heavy atom. The molecule has 0 unspecified atom stereocenters. The Hall–Kier alpha value is -1.10. The van der Waals surface area contributed by atoms with Crippen LogP contribution in [-0.4, -0.2) is 59.6 Å². The molecule has 3 rings (SSSR count). The third-order valence-electron chi connectivity index (χ3n) is 5.13. The van der Waals surface area contributed by atoms with Crippen molar-refractivity contribution in [1.29, 1.82) is 0 Å². The standard InChI is InChI=1S/C17H23ClN2O2/c1-19-9-14(10-21)8-17(19)11-20(12-17)16(22)7-4-13-2-5-15(18)6-3-13/h2-3,5-6,14,21H,4,7-12H2,1H3/t14-/m0/s1. The average molecular weight is 323 g/mol. The van der Waals surface area contributed by atoms with Crippen LogP contribution in [0.3, 0.4) is 0 Å². The summed E-state index contributed by atoms with van der Waals surface area (Å²) in [6, 6.07) is 7.68. The molecule has 0 aromatic heterocycles. The van der Waals surface area contributed by atoms with Gasteiger partial charge in [0.25, 0.3) is 0 Å². The molecule has 5 heteroatoms. The van der Waals surface area contributed by atoms with Crippen molar-refractivity contribution in [2.75, 3.05) is 33.3 Å². The summed E-state index contributed by atoms with van der Waals surface area (Å²) in [6.45, 7) is 2.79. The molecule has 1 aromatic carbocycles. The van der Waals surface area contributed by atoms with Gasteiger partial charge in [0, 0.05) is 37.7 Å². The Kier molecular flexibility index (Phi) is 4.44. The third-order valence-corrected chi connectivity index (χ3v) is 5.38. The lowest BCUT2D eigenvalue weighted by Gasteiger charge is -2.52. The maximum Gasteiger partial charge on any atom is 0.223 e. The van der Waals surface area contributed by atoms with Crippen LogP contribution in [0.2, 0.25) is 5.02 Å². The van der Waals surface area contributed by atoms with Gasteiger partial charge in [-0.1, -0.05) is 23.7 Å². The molecule has 120 valence electrons. The number of nitrogens with zero attached hydrogens (tertiary/aromatic N) is 2. The van der Waals surface area contributed by atoms with E-state index in [0.717, 1.165) is 43.1 Å². The second-order valence-corrected chi connectivity index (χ2v) is 7.17. The van der Waals surface area contributed by atoms with E-state index in [-0.39, 0.29) is 18.1 Å². The van der Waals surface area contributed by atoms with Gasteiger partial charge in [-0.25, -0.2) is 0 Å². The first-order valence-electron chi connectivity index (χ1n) is 7.87. The minimum Gasteiger partial charge on any atom is -0.396 e. The van der Waals surface area contributed by atoms with E-state index in [4.69, 9.17) is 11.6 Å². The number of halogens is 1. The highest BCUT2D eigenvalue weighted by molar-refractivity contribution is 6.30. The van der Waals surface area contributed by atoms with Crippen LogP contribution < -0.4 is 0 Å². The monoisotopic (exact) mass is 322 g/mol. The molecule has 1 spiro atoms. The average Bonchev–Trinajstić information content (AvgIpc) is 2.82. The predicted molar refractivity (Wildman–Crippen MR) is 86.9 cm³/mol. The minimum absolute atomic E-state index is 0.114. The third kappa shape index (κ3) is 3.00. The van der Waals surface area contributed by atoms with E-state index in [9.17, 15) is 9.90 Å². The van der Waals surface area contributed by atoms with Crippen LogP contribution in [0.25, 0.3) is 0 Å². The summed E-state index contributed by atoms with van der Waals surface area (Å²) in [5.41, 5.74) is 1.26. The summed E-state index contributed by atoms with van der Waals surface area (Å²) >= 11 is 5.87. The lowest BCUT2D eigenvalue weighted by Crippen LogP contribution is -2.68. The van der Waals surface area contributed by atoms with Crippen LogP contribution in [-0.2, 0) is 11.2 Å². The number of amides is 1. The molecule has 2 aliphatic rings. The number of rotatable bonds is 4. The van der Waals surface area contributed by atoms with Crippen molar-refractivity contribution in [2.45, 2.75) is 24.8 Å². The maximum absolute atomic E-state index is 12.3. The molecule has 1 N–H and O–H groups in total. The lowest BCUT2D eigenvalue weighted by molar-refractivity contribution is -0.143. The molecule has 0 radical (unpaired) electrons. The number of aliphatic hydroxyl groups is 1. The number of aliphatic hydroxyl groups excluding tert-OH is 1. The fraction of sp³-hybridized carbons (Fsp3) is 0.588. The number of hydrogen-bond donors (Lipinski definition) is 1. The predicted octanol–water partition coefficient (Wildman–Crippen LogP) is 1.80. The Balaban J connectivity index is 1.48. The van der Waals surface area contributed by atoms with E-state index in [1.807, 2.05) is 29.2 Å². The number of likely N-dealkylation sites (tertiary alicyclic amines) is 2. The van der Waals surface area contributed by atoms with Crippen molar-refractivity contribution in [1.82, 2.24) is 9.80 Å². The molecule has 2 fully saturated rings. The zero-order valence-corrected chi connectivity index (χ0v) is 13.7. The Morgan fingerprint density at radius 1 is 1.36 bits per heavy atom. The molecule has 22 heavy (non-hydrogen) atoms. The van der Waals surface area contributed by atoms with Gasteiger partial charge in [-0.3, -0.25) is 9.69 Å². The number of benzene rings is 1. The Bertz CT molecular complexity index is 540. The molecular formula is C17H23ClN2O2. The van der Waals surface area contributed by atoms with E-state index in [1.54, 1.807) is 0 Å². The molecule has 0 aliphatic carbocycles. The molecule has 1 atom stereocenters. The Labute approximate surface area is 136 Å². The van der Waals surface area contributed by atoms with Gasteiger partial charge in [0.1, 0.15) is 0 Å². The SMILES string of the molecule is CN1C[C@@H](CO)CC12CN(C(=O)CCc1ccc(Cl)cc1)C2. The molecule has 0 bridgehead atoms. The van der Waals surface area contributed by atoms with E-state index in [1.165, 1.54) is 0 Å². The van der Waals surface area contributed by atoms with E-state index >= 15 is 0 Å². The second kappa shape index (κ2) is 6.19. The first kappa shape index (κ1) is 15.8. The molecular weight excluding hydrogens is 300 g/mol. The summed E-state index contributed by atoms with van der Waals surface area (Å²) in [6.07, 6.45) is 2.31. The first-order valence-corrected chi connectivity index (χ1v) is 8.24. The van der Waals surface area contributed by atoms with Crippen LogP contribution in [0.1, 0.15) is 18.4 Å². The largest absolute Gasteiger partial charge is 0.396 e. The topological polar surface area (TPSA) is 43.8 Å². The van der Waals surface area contributed by atoms with Gasteiger partial charge < -0.3 is 10.0 Å². The van der Waals surface area contributed by atoms with Gasteiger partial charge >= 0.3 is 0 Å². The van der Waals surface area contributed by atoms with Crippen LogP contribution in [0.5, 0.6) is 0 Å². The van der Waals surface area contributed by atoms with Crippen LogP contribution in [0.4, 0.5) is 0 Å². The quantitative estimate of drug-likeness (QED) is 0.919. The van der Waals surface area contributed by atoms with E-state index in [0.29, 0.717) is 12.3 Å². The van der Waals surface area contributed by atoms with Crippen molar-refractivity contribution in [3.63, 3.8) is 0 Å². The zero-order valence-electron chi connectivity index (χ0n) is 13.0. The number of hydrogen-bond acceptors (Lipinski definition) is 3. The summed E-state index contributed by atoms with van der Waals surface area (Å²) in [5, 5.41) is 10.0. The van der Waals surface area contributed by atoms with Crippen molar-refractivity contribution in [3.05, 3.63) is 34.9 Å². The van der Waals surface area contributed by atoms with Gasteiger partial charge in [0.05, 0.1) is 5.54 Å². The summed E-state index contributed by atoms with van der Waals surface area (Å²) in [5.74, 6) is 0.581. The number of likely N-dealkylation sites (N-methyl/N-ethyl adjacent to an activating group) is 1. The number of carbonyl (C=O) groups is 1. The van der Waals surface area contributed by atoms with Gasteiger partial charge in [-0.15, -0.1) is 0 Å². The fourth-order valence-electron chi connectivity index (χ4n) is 3.73. The fourth-order valence-corrected chi connectivity index (χ4v) is 3.86. The van der Waals surface area contributed by atoms with Gasteiger partial charge in [0.2, 0.25) is 5.91 Å². The maximum atomic E-state index is 12.3. The van der Waals surface area contributed by atoms with Crippen LogP contribution >= 0.6 is 11.6 Å². The summed E-state index contributed by atoms with van der Waals surface area (Å²) in [7, 11) is 2.10. The van der Waals surface area contributed by atoms with Gasteiger partial charge in [0.15, 0.2) is 0 Å². The molecule has 2 aliphatic heterocycles. The molecule has 1 aromatic rings. The van der Waals surface area contributed by atoms with Crippen molar-refractivity contribution in [3.8, 4) is 0 Å². The van der Waals surface area contributed by atoms with Crippen molar-refractivity contribution >= 4 is 17.5 Å². The Morgan fingerprint density at radius 3 is 2.64 bits per heavy atom. The van der Waals surface area contributed by atoms with Crippen LogP contribution in [0.15, 0.2) is 24.3 Å². The molecule has 1 amide bonds. The highest BCUT2D eigenvalue weighted by Gasteiger charge is 2.52. The number of carbonyl (C=O) groups excluding carboxylic acids is 1. The van der Waals surface area contributed by atoms with Crippen molar-refractivity contribution < 1.29 is 9.90 Å². The minimum atomic E-state index is 0.114. The lowest BCUT2D eigenvalue weighted by atomic mass is 9.84. The molecule has 4 nitrogen and oxygen atoms in total. The van der Waals surface area contributed by atoms with Gasteiger partial charge in [-0.05, 0) is 43.5 Å². The van der Waals surface area contributed by atoms with Crippen LogP contribution in [0, 0.1) is 5.92 Å².